The Balaban J connectivity index is 1.48. The average molecular weight is 632 g/mol. The number of aromatic amines is 1. The zero-order chi connectivity index (χ0) is 33.1. The van der Waals surface area contributed by atoms with Crippen molar-refractivity contribution in [2.45, 2.75) is 18.8 Å². The summed E-state index contributed by atoms with van der Waals surface area (Å²) < 4.78 is 18.1. The first-order chi connectivity index (χ1) is 22.9. The molecule has 9 heteroatoms. The number of ether oxygens (including phenoxy) is 3. The Kier molecular flexibility index (Phi) is 8.88. The molecule has 1 unspecified atom stereocenters. The summed E-state index contributed by atoms with van der Waals surface area (Å²) in [6.45, 7) is 0.403. The van der Waals surface area contributed by atoms with Crippen LogP contribution in [0.4, 0.5) is 0 Å². The third kappa shape index (κ3) is 5.88. The maximum atomic E-state index is 14.2. The fourth-order valence-corrected chi connectivity index (χ4v) is 6.35. The largest absolute Gasteiger partial charge is 0.507 e. The van der Waals surface area contributed by atoms with Crippen LogP contribution in [-0.2, 0) is 13.5 Å². The molecular weight excluding hydrogens is 594 g/mol. The van der Waals surface area contributed by atoms with E-state index < -0.39 is 5.92 Å². The Morgan fingerprint density at radius 3 is 2.40 bits per heavy atom. The number of amides is 1. The van der Waals surface area contributed by atoms with Crippen LogP contribution in [0.15, 0.2) is 95.8 Å². The Labute approximate surface area is 272 Å². The van der Waals surface area contributed by atoms with Crippen LogP contribution in [-0.4, -0.2) is 48.4 Å². The molecule has 2 aromatic heterocycles. The van der Waals surface area contributed by atoms with Crippen LogP contribution in [0.25, 0.3) is 21.8 Å². The van der Waals surface area contributed by atoms with Gasteiger partial charge in [-0.1, -0.05) is 36.4 Å². The summed E-state index contributed by atoms with van der Waals surface area (Å²) in [4.78, 5) is 30.8. The summed E-state index contributed by atoms with van der Waals surface area (Å²) in [6.07, 6.45) is 1.16. The fraction of sp³-hybridized carbons (Fsp3) is 0.211. The lowest BCUT2D eigenvalue weighted by Crippen LogP contribution is -2.26. The van der Waals surface area contributed by atoms with Crippen LogP contribution >= 0.6 is 0 Å². The Morgan fingerprint density at radius 2 is 1.62 bits per heavy atom. The van der Waals surface area contributed by atoms with Crippen molar-refractivity contribution < 1.29 is 24.1 Å². The third-order valence-electron chi connectivity index (χ3n) is 8.70. The molecule has 0 fully saturated rings. The summed E-state index contributed by atoms with van der Waals surface area (Å²) in [5, 5.41) is 16.3. The molecule has 4 aromatic carbocycles. The van der Waals surface area contributed by atoms with Crippen molar-refractivity contribution in [1.82, 2.24) is 14.9 Å². The molecule has 2 heterocycles. The molecule has 0 aliphatic carbocycles. The van der Waals surface area contributed by atoms with Gasteiger partial charge in [0, 0.05) is 35.6 Å². The van der Waals surface area contributed by atoms with Crippen LogP contribution in [0.3, 0.4) is 0 Å². The van der Waals surface area contributed by atoms with Crippen molar-refractivity contribution in [3.8, 4) is 23.0 Å². The number of aryl methyl sites for hydroxylation is 2. The molecule has 6 rings (SSSR count). The maximum Gasteiger partial charge on any atom is 0.258 e. The van der Waals surface area contributed by atoms with Crippen molar-refractivity contribution in [3.05, 3.63) is 129 Å². The van der Waals surface area contributed by atoms with E-state index in [1.807, 2.05) is 72.8 Å². The number of nitrogens with zero attached hydrogens (tertiary/aromatic N) is 1. The lowest BCUT2D eigenvalue weighted by molar-refractivity contribution is 0.0950. The highest BCUT2D eigenvalue weighted by Crippen LogP contribution is 2.42. The number of carbonyl (C=O) groups is 1. The van der Waals surface area contributed by atoms with E-state index in [0.717, 1.165) is 27.7 Å². The summed E-state index contributed by atoms with van der Waals surface area (Å²) >= 11 is 0. The Morgan fingerprint density at radius 1 is 0.872 bits per heavy atom. The zero-order valence-corrected chi connectivity index (χ0v) is 26.8. The second kappa shape index (κ2) is 13.3. The number of rotatable bonds is 11. The summed E-state index contributed by atoms with van der Waals surface area (Å²) in [7, 11) is 6.48. The Bertz CT molecular complexity index is 2150. The molecule has 6 aromatic rings. The minimum atomic E-state index is -0.676. The molecule has 240 valence electrons. The lowest BCUT2D eigenvalue weighted by Gasteiger charge is -2.22. The molecule has 9 nitrogen and oxygen atoms in total. The number of pyridine rings is 1. The van der Waals surface area contributed by atoms with Gasteiger partial charge in [0.2, 0.25) is 0 Å². The van der Waals surface area contributed by atoms with Crippen molar-refractivity contribution in [1.29, 1.82) is 0 Å². The number of para-hydroxylation sites is 2. The topological polar surface area (TPSA) is 115 Å². The number of nitrogens with one attached hydrogen (secondary N) is 2. The fourth-order valence-electron chi connectivity index (χ4n) is 6.35. The van der Waals surface area contributed by atoms with E-state index in [1.54, 1.807) is 51.1 Å². The molecule has 1 atom stereocenters. The molecule has 0 aliphatic heterocycles. The van der Waals surface area contributed by atoms with E-state index in [1.165, 1.54) is 0 Å². The molecule has 0 saturated heterocycles. The van der Waals surface area contributed by atoms with Crippen LogP contribution in [0.1, 0.15) is 45.1 Å². The second-order valence-corrected chi connectivity index (χ2v) is 11.3. The summed E-state index contributed by atoms with van der Waals surface area (Å²) in [5.74, 6) is 0.864. The number of fused-ring (bicyclic) bond motifs is 2. The predicted molar refractivity (Wildman–Crippen MR) is 183 cm³/mol. The molecule has 0 saturated carbocycles. The van der Waals surface area contributed by atoms with Gasteiger partial charge in [0.1, 0.15) is 23.0 Å². The van der Waals surface area contributed by atoms with Gasteiger partial charge in [0.15, 0.2) is 0 Å². The number of hydrogen-bond acceptors (Lipinski definition) is 6. The molecule has 3 N–H and O–H groups in total. The third-order valence-corrected chi connectivity index (χ3v) is 8.70. The monoisotopic (exact) mass is 631 g/mol. The van der Waals surface area contributed by atoms with E-state index in [-0.39, 0.29) is 22.8 Å². The van der Waals surface area contributed by atoms with E-state index in [0.29, 0.717) is 53.1 Å². The van der Waals surface area contributed by atoms with Gasteiger partial charge >= 0.3 is 0 Å². The normalized spacial score (nSPS) is 11.8. The first-order valence-corrected chi connectivity index (χ1v) is 15.4. The predicted octanol–water partition coefficient (Wildman–Crippen LogP) is 6.29. The van der Waals surface area contributed by atoms with Crippen LogP contribution in [0.2, 0.25) is 0 Å². The highest BCUT2D eigenvalue weighted by Gasteiger charge is 2.30. The molecule has 0 radical (unpaired) electrons. The summed E-state index contributed by atoms with van der Waals surface area (Å²) in [6, 6.07) is 27.8. The average Bonchev–Trinajstić information content (AvgIpc) is 3.47. The van der Waals surface area contributed by atoms with Gasteiger partial charge in [0.25, 0.3) is 11.5 Å². The molecule has 0 spiro atoms. The van der Waals surface area contributed by atoms with Crippen LogP contribution in [0.5, 0.6) is 23.0 Å². The van der Waals surface area contributed by atoms with Crippen LogP contribution < -0.4 is 25.1 Å². The van der Waals surface area contributed by atoms with E-state index in [9.17, 15) is 14.7 Å². The van der Waals surface area contributed by atoms with Crippen molar-refractivity contribution in [3.63, 3.8) is 0 Å². The molecule has 0 bridgehead atoms. The van der Waals surface area contributed by atoms with Crippen molar-refractivity contribution >= 4 is 27.7 Å². The number of aromatic nitrogens is 2. The molecule has 1 amide bonds. The lowest BCUT2D eigenvalue weighted by atomic mass is 9.84. The maximum absolute atomic E-state index is 14.2. The molecule has 0 aliphatic rings. The molecular formula is C38H37N3O6. The highest BCUT2D eigenvalue weighted by atomic mass is 16.5. The number of benzene rings is 4. The molecule has 47 heavy (non-hydrogen) atoms. The van der Waals surface area contributed by atoms with Gasteiger partial charge in [0.05, 0.1) is 43.9 Å². The van der Waals surface area contributed by atoms with Crippen molar-refractivity contribution in [2.75, 3.05) is 27.9 Å². The van der Waals surface area contributed by atoms with Gasteiger partial charge in [-0.25, -0.2) is 0 Å². The number of methoxy groups -OCH3 is 3. The highest BCUT2D eigenvalue weighted by molar-refractivity contribution is 5.97. The quantitative estimate of drug-likeness (QED) is 0.145. The number of aromatic hydroxyl groups is 1. The van der Waals surface area contributed by atoms with Gasteiger partial charge in [-0.05, 0) is 78.6 Å². The number of carbonyl (C=O) groups excluding carboxylic acids is 1. The Hall–Kier alpha value is -5.70. The SMILES string of the molecule is COc1cccc(C(c2[nH]c3ccc(OC)cc3c2CCCNC(=O)c2ccccc2OC)c2c(O)c3ccccc3n(C)c2=O)c1. The zero-order valence-electron chi connectivity index (χ0n) is 26.8. The van der Waals surface area contributed by atoms with Gasteiger partial charge in [-0.2, -0.15) is 0 Å². The second-order valence-electron chi connectivity index (χ2n) is 11.3. The van der Waals surface area contributed by atoms with E-state index in [4.69, 9.17) is 14.2 Å². The van der Waals surface area contributed by atoms with Gasteiger partial charge in [-0.15, -0.1) is 0 Å². The van der Waals surface area contributed by atoms with E-state index in [2.05, 4.69) is 10.3 Å². The van der Waals surface area contributed by atoms with E-state index >= 15 is 0 Å². The van der Waals surface area contributed by atoms with Crippen molar-refractivity contribution in [2.24, 2.45) is 7.05 Å². The smallest absolute Gasteiger partial charge is 0.258 e. The number of H-pyrrole nitrogens is 1. The van der Waals surface area contributed by atoms with Gasteiger partial charge < -0.3 is 34.2 Å². The standard InChI is InChI=1S/C38H37N3O6/c1-41-31-16-7-5-13-27(31)36(42)34(38(41)44)33(23-11-9-12-24(21-23)45-2)35-26(29-22-25(46-3)18-19-30(29)40-35)15-10-20-39-37(43)28-14-6-8-17-32(28)47-4/h5-9,11-14,16-19,21-22,33,40,42H,10,15,20H2,1-4H3,(H,39,43). The summed E-state index contributed by atoms with van der Waals surface area (Å²) in [5.41, 5.74) is 4.40. The van der Waals surface area contributed by atoms with Gasteiger partial charge in [-0.3, -0.25) is 9.59 Å². The first-order valence-electron chi connectivity index (χ1n) is 15.4. The minimum Gasteiger partial charge on any atom is -0.507 e. The first kappa shape index (κ1) is 31.3. The van der Waals surface area contributed by atoms with Crippen LogP contribution in [0, 0.1) is 0 Å². The number of hydrogen-bond donors (Lipinski definition) is 3. The minimum absolute atomic E-state index is 0.0669.